The number of nitrogens with one attached hydrogen (secondary N) is 1. The fraction of sp³-hybridized carbons (Fsp3) is 0.118. The number of fused-ring (bicyclic) bond motifs is 1. The minimum absolute atomic E-state index is 0.0242. The van der Waals surface area contributed by atoms with E-state index in [2.05, 4.69) is 11.1 Å². The molecule has 0 aliphatic carbocycles. The van der Waals surface area contributed by atoms with Crippen LogP contribution in [-0.2, 0) is 0 Å². The number of aryl methyl sites for hydroxylation is 1. The van der Waals surface area contributed by atoms with E-state index in [-0.39, 0.29) is 5.75 Å². The number of benzene rings is 2. The Kier molecular flexibility index (Phi) is 3.03. The number of methoxy groups -OCH3 is 1. The van der Waals surface area contributed by atoms with Crippen LogP contribution in [-0.4, -0.2) is 17.2 Å². The van der Waals surface area contributed by atoms with Crippen LogP contribution in [0.3, 0.4) is 0 Å². The highest BCUT2D eigenvalue weighted by molar-refractivity contribution is 6.00. The van der Waals surface area contributed by atoms with Crippen LogP contribution in [0.25, 0.3) is 22.0 Å². The van der Waals surface area contributed by atoms with Gasteiger partial charge >= 0.3 is 0 Å². The molecule has 3 rings (SSSR count). The molecule has 0 amide bonds. The van der Waals surface area contributed by atoms with Crippen LogP contribution in [0, 0.1) is 18.3 Å². The van der Waals surface area contributed by atoms with Crippen molar-refractivity contribution in [2.24, 2.45) is 0 Å². The number of aromatic nitrogens is 1. The van der Waals surface area contributed by atoms with Crippen LogP contribution in [0.1, 0.15) is 11.3 Å². The lowest BCUT2D eigenvalue weighted by molar-refractivity contribution is 0.375. The van der Waals surface area contributed by atoms with Gasteiger partial charge in [0.05, 0.1) is 18.7 Å². The Morgan fingerprint density at radius 1 is 1.14 bits per heavy atom. The summed E-state index contributed by atoms with van der Waals surface area (Å²) in [5.41, 5.74) is 3.89. The molecule has 0 saturated heterocycles. The van der Waals surface area contributed by atoms with E-state index in [1.165, 1.54) is 13.2 Å². The van der Waals surface area contributed by atoms with Crippen LogP contribution in [0.4, 0.5) is 0 Å². The lowest BCUT2D eigenvalue weighted by atomic mass is 9.96. The van der Waals surface area contributed by atoms with Gasteiger partial charge in [0.2, 0.25) is 0 Å². The molecule has 2 aromatic carbocycles. The molecule has 0 aliphatic heterocycles. The number of nitriles is 1. The zero-order valence-corrected chi connectivity index (χ0v) is 11.8. The lowest BCUT2D eigenvalue weighted by Crippen LogP contribution is -1.93. The van der Waals surface area contributed by atoms with Gasteiger partial charge in [-0.05, 0) is 25.1 Å². The molecule has 3 aromatic rings. The standard InChI is InChI=1S/C17H14N2O2/c1-10-15(12-5-3-4-6-13(12)19-10)16-11(9-18)7-8-14(20)17(16)21-2/h3-8,19-20H,1-2H3. The first-order valence-electron chi connectivity index (χ1n) is 6.55. The van der Waals surface area contributed by atoms with E-state index < -0.39 is 0 Å². The number of phenols is 1. The first-order valence-corrected chi connectivity index (χ1v) is 6.55. The van der Waals surface area contributed by atoms with Gasteiger partial charge in [-0.1, -0.05) is 18.2 Å². The van der Waals surface area contributed by atoms with Crippen molar-refractivity contribution in [2.45, 2.75) is 6.92 Å². The van der Waals surface area contributed by atoms with Crippen LogP contribution in [0.2, 0.25) is 0 Å². The number of hydrogen-bond acceptors (Lipinski definition) is 3. The minimum Gasteiger partial charge on any atom is -0.504 e. The van der Waals surface area contributed by atoms with Crippen molar-refractivity contribution in [1.29, 1.82) is 5.26 Å². The van der Waals surface area contributed by atoms with Crippen LogP contribution in [0.15, 0.2) is 36.4 Å². The summed E-state index contributed by atoms with van der Waals surface area (Å²) >= 11 is 0. The van der Waals surface area contributed by atoms with Crippen molar-refractivity contribution in [2.75, 3.05) is 7.11 Å². The predicted octanol–water partition coefficient (Wildman–Crippen LogP) is 3.73. The van der Waals surface area contributed by atoms with E-state index in [1.807, 2.05) is 31.2 Å². The molecule has 21 heavy (non-hydrogen) atoms. The highest BCUT2D eigenvalue weighted by Gasteiger charge is 2.20. The Labute approximate surface area is 122 Å². The number of para-hydroxylation sites is 1. The molecule has 0 aliphatic rings. The molecule has 2 N–H and O–H groups in total. The van der Waals surface area contributed by atoms with E-state index in [4.69, 9.17) is 4.74 Å². The van der Waals surface area contributed by atoms with Crippen molar-refractivity contribution in [3.63, 3.8) is 0 Å². The summed E-state index contributed by atoms with van der Waals surface area (Å²) in [6, 6.07) is 13.1. The Hall–Kier alpha value is -2.93. The van der Waals surface area contributed by atoms with Gasteiger partial charge in [-0.3, -0.25) is 0 Å². The third-order valence-corrected chi connectivity index (χ3v) is 3.61. The second kappa shape index (κ2) is 4.88. The van der Waals surface area contributed by atoms with E-state index in [0.29, 0.717) is 16.9 Å². The number of aromatic amines is 1. The molecule has 1 aromatic heterocycles. The highest BCUT2D eigenvalue weighted by atomic mass is 16.5. The number of nitrogens with zero attached hydrogens (tertiary/aromatic N) is 1. The molecule has 0 spiro atoms. The lowest BCUT2D eigenvalue weighted by Gasteiger charge is -2.12. The second-order valence-corrected chi connectivity index (χ2v) is 4.82. The van der Waals surface area contributed by atoms with E-state index in [0.717, 1.165) is 22.2 Å². The summed E-state index contributed by atoms with van der Waals surface area (Å²) in [5.74, 6) is 0.345. The van der Waals surface area contributed by atoms with Gasteiger partial charge < -0.3 is 14.8 Å². The number of aromatic hydroxyl groups is 1. The monoisotopic (exact) mass is 278 g/mol. The highest BCUT2D eigenvalue weighted by Crippen LogP contribution is 2.44. The summed E-state index contributed by atoms with van der Waals surface area (Å²) in [7, 11) is 1.49. The van der Waals surface area contributed by atoms with E-state index in [9.17, 15) is 10.4 Å². The largest absolute Gasteiger partial charge is 0.504 e. The Morgan fingerprint density at radius 2 is 1.90 bits per heavy atom. The normalized spacial score (nSPS) is 10.5. The smallest absolute Gasteiger partial charge is 0.169 e. The maximum atomic E-state index is 10.0. The van der Waals surface area contributed by atoms with Crippen LogP contribution >= 0.6 is 0 Å². The van der Waals surface area contributed by atoms with Crippen LogP contribution in [0.5, 0.6) is 11.5 Å². The predicted molar refractivity (Wildman–Crippen MR) is 81.4 cm³/mol. The van der Waals surface area contributed by atoms with Crippen LogP contribution < -0.4 is 4.74 Å². The summed E-state index contributed by atoms with van der Waals surface area (Å²) in [6.45, 7) is 1.94. The maximum Gasteiger partial charge on any atom is 0.169 e. The number of H-pyrrole nitrogens is 1. The average Bonchev–Trinajstić information content (AvgIpc) is 2.82. The van der Waals surface area contributed by atoms with E-state index in [1.54, 1.807) is 6.07 Å². The molecule has 104 valence electrons. The van der Waals surface area contributed by atoms with Gasteiger partial charge in [-0.2, -0.15) is 5.26 Å². The van der Waals surface area contributed by atoms with Gasteiger partial charge in [0.1, 0.15) is 0 Å². The second-order valence-electron chi connectivity index (χ2n) is 4.82. The molecule has 0 saturated carbocycles. The molecular weight excluding hydrogens is 264 g/mol. The van der Waals surface area contributed by atoms with Crippen molar-refractivity contribution >= 4 is 10.9 Å². The quantitative estimate of drug-likeness (QED) is 0.750. The Bertz CT molecular complexity index is 872. The maximum absolute atomic E-state index is 10.0. The molecule has 0 radical (unpaired) electrons. The Morgan fingerprint density at radius 3 is 2.62 bits per heavy atom. The molecule has 1 heterocycles. The third-order valence-electron chi connectivity index (χ3n) is 3.61. The number of rotatable bonds is 2. The summed E-state index contributed by atoms with van der Waals surface area (Å²) in [5, 5.41) is 20.4. The van der Waals surface area contributed by atoms with Crippen molar-refractivity contribution < 1.29 is 9.84 Å². The Balaban J connectivity index is 2.46. The average molecular weight is 278 g/mol. The molecule has 4 nitrogen and oxygen atoms in total. The summed E-state index contributed by atoms with van der Waals surface area (Å²) < 4.78 is 5.33. The van der Waals surface area contributed by atoms with Gasteiger partial charge in [-0.25, -0.2) is 0 Å². The molecule has 4 heteroatoms. The number of phenolic OH excluding ortho intramolecular Hbond substituents is 1. The first kappa shape index (κ1) is 13.1. The number of ether oxygens (including phenoxy) is 1. The first-order chi connectivity index (χ1) is 10.2. The SMILES string of the molecule is COc1c(O)ccc(C#N)c1-c1c(C)[nH]c2ccccc12. The topological polar surface area (TPSA) is 69.0 Å². The fourth-order valence-electron chi connectivity index (χ4n) is 2.72. The molecule has 0 bridgehead atoms. The third kappa shape index (κ3) is 1.91. The van der Waals surface area contributed by atoms with Crippen molar-refractivity contribution in [3.05, 3.63) is 47.7 Å². The molecule has 0 unspecified atom stereocenters. The van der Waals surface area contributed by atoms with E-state index >= 15 is 0 Å². The van der Waals surface area contributed by atoms with Gasteiger partial charge in [0, 0.05) is 27.7 Å². The van der Waals surface area contributed by atoms with Gasteiger partial charge in [0.15, 0.2) is 11.5 Å². The summed E-state index contributed by atoms with van der Waals surface area (Å²) in [6.07, 6.45) is 0. The van der Waals surface area contributed by atoms with Gasteiger partial charge in [0.25, 0.3) is 0 Å². The molecule has 0 atom stereocenters. The zero-order chi connectivity index (χ0) is 15.0. The van der Waals surface area contributed by atoms with Gasteiger partial charge in [-0.15, -0.1) is 0 Å². The van der Waals surface area contributed by atoms with Crippen molar-refractivity contribution in [1.82, 2.24) is 4.98 Å². The minimum atomic E-state index is 0.0242. The number of hydrogen-bond donors (Lipinski definition) is 2. The van der Waals surface area contributed by atoms with Crippen molar-refractivity contribution in [3.8, 4) is 28.7 Å². The summed E-state index contributed by atoms with van der Waals surface area (Å²) in [4.78, 5) is 3.30. The molecular formula is C17H14N2O2. The molecule has 0 fully saturated rings. The zero-order valence-electron chi connectivity index (χ0n) is 11.8. The fourth-order valence-corrected chi connectivity index (χ4v) is 2.72.